The van der Waals surface area contributed by atoms with Crippen LogP contribution >= 0.6 is 11.6 Å². The number of nitrogens with one attached hydrogen (secondary N) is 1. The van der Waals surface area contributed by atoms with Crippen LogP contribution in [0.3, 0.4) is 0 Å². The maximum absolute atomic E-state index is 13.0. The Bertz CT molecular complexity index is 1320. The van der Waals surface area contributed by atoms with Gasteiger partial charge in [0.1, 0.15) is 0 Å². The van der Waals surface area contributed by atoms with Gasteiger partial charge in [0.25, 0.3) is 5.91 Å². The molecule has 1 heterocycles. The summed E-state index contributed by atoms with van der Waals surface area (Å²) in [5.41, 5.74) is 5.69. The zero-order valence-corrected chi connectivity index (χ0v) is 19.8. The van der Waals surface area contributed by atoms with Crippen LogP contribution in [-0.4, -0.2) is 20.9 Å². The molecular formula is C26H25ClN2O3S. The fraction of sp³-hybridized carbons (Fsp3) is 0.269. The van der Waals surface area contributed by atoms with Crippen LogP contribution in [0.1, 0.15) is 45.5 Å². The largest absolute Gasteiger partial charge is 0.308 e. The number of hydrogen-bond donors (Lipinski definition) is 1. The number of benzene rings is 3. The Morgan fingerprint density at radius 1 is 0.879 bits per heavy atom. The van der Waals surface area contributed by atoms with Gasteiger partial charge in [-0.2, -0.15) is 0 Å². The van der Waals surface area contributed by atoms with Crippen molar-refractivity contribution in [1.29, 1.82) is 0 Å². The molecule has 5 rings (SSSR count). The molecule has 3 aromatic rings. The second-order valence-electron chi connectivity index (χ2n) is 8.64. The van der Waals surface area contributed by atoms with E-state index in [1.54, 1.807) is 35.2 Å². The number of aryl methyl sites for hydroxylation is 2. The number of amides is 1. The van der Waals surface area contributed by atoms with Gasteiger partial charge in [-0.15, -0.1) is 0 Å². The second kappa shape index (κ2) is 8.93. The van der Waals surface area contributed by atoms with Crippen molar-refractivity contribution in [2.45, 2.75) is 43.5 Å². The van der Waals surface area contributed by atoms with Gasteiger partial charge < -0.3 is 4.90 Å². The molecule has 7 heteroatoms. The van der Waals surface area contributed by atoms with Gasteiger partial charge in [-0.3, -0.25) is 4.79 Å². The van der Waals surface area contributed by atoms with E-state index < -0.39 is 10.0 Å². The minimum Gasteiger partial charge on any atom is -0.308 e. The van der Waals surface area contributed by atoms with Crippen molar-refractivity contribution in [2.75, 3.05) is 11.4 Å². The monoisotopic (exact) mass is 480 g/mol. The highest BCUT2D eigenvalue weighted by atomic mass is 35.5. The smallest absolute Gasteiger partial charge is 0.258 e. The van der Waals surface area contributed by atoms with E-state index >= 15 is 0 Å². The Kier molecular flexibility index (Phi) is 5.99. The van der Waals surface area contributed by atoms with Gasteiger partial charge in [0.2, 0.25) is 10.0 Å². The first kappa shape index (κ1) is 22.1. The molecular weight excluding hydrogens is 456 g/mol. The minimum absolute atomic E-state index is 0.0859. The zero-order chi connectivity index (χ0) is 23.0. The highest BCUT2D eigenvalue weighted by molar-refractivity contribution is 7.89. The van der Waals surface area contributed by atoms with Crippen LogP contribution in [0.25, 0.3) is 0 Å². The van der Waals surface area contributed by atoms with Crippen molar-refractivity contribution < 1.29 is 13.2 Å². The normalized spacial score (nSPS) is 15.2. The molecule has 0 saturated carbocycles. The summed E-state index contributed by atoms with van der Waals surface area (Å²) in [7, 11) is -3.63. The first-order chi connectivity index (χ1) is 15.9. The van der Waals surface area contributed by atoms with Gasteiger partial charge in [0.15, 0.2) is 0 Å². The molecule has 3 aromatic carbocycles. The third-order valence-corrected chi connectivity index (χ3v) is 8.13. The van der Waals surface area contributed by atoms with E-state index in [1.807, 2.05) is 30.3 Å². The third-order valence-electron chi connectivity index (χ3n) is 6.48. The predicted octanol–water partition coefficient (Wildman–Crippen LogP) is 4.90. The Morgan fingerprint density at radius 2 is 1.61 bits per heavy atom. The lowest BCUT2D eigenvalue weighted by atomic mass is 9.92. The van der Waals surface area contributed by atoms with Crippen molar-refractivity contribution in [2.24, 2.45) is 0 Å². The van der Waals surface area contributed by atoms with Crippen molar-refractivity contribution in [1.82, 2.24) is 4.72 Å². The third kappa shape index (κ3) is 4.56. The first-order valence-corrected chi connectivity index (χ1v) is 13.1. The summed E-state index contributed by atoms with van der Waals surface area (Å²) in [6.45, 7) is 0.761. The lowest BCUT2D eigenvalue weighted by Gasteiger charge is -2.19. The molecule has 0 aromatic heterocycles. The fourth-order valence-corrected chi connectivity index (χ4v) is 5.83. The summed E-state index contributed by atoms with van der Waals surface area (Å²) in [4.78, 5) is 15.1. The highest BCUT2D eigenvalue weighted by Gasteiger charge is 2.26. The molecule has 0 spiro atoms. The lowest BCUT2D eigenvalue weighted by Crippen LogP contribution is -2.29. The number of halogens is 1. The Balaban J connectivity index is 1.33. The molecule has 5 nitrogen and oxygen atoms in total. The summed E-state index contributed by atoms with van der Waals surface area (Å²) >= 11 is 5.95. The van der Waals surface area contributed by atoms with Crippen LogP contribution in [-0.2, 0) is 35.8 Å². The van der Waals surface area contributed by atoms with Gasteiger partial charge in [0.05, 0.1) is 4.90 Å². The molecule has 1 aliphatic heterocycles. The van der Waals surface area contributed by atoms with Gasteiger partial charge in [-0.25, -0.2) is 13.1 Å². The quantitative estimate of drug-likeness (QED) is 0.564. The lowest BCUT2D eigenvalue weighted by molar-refractivity contribution is 0.0989. The van der Waals surface area contributed by atoms with Gasteiger partial charge in [0, 0.05) is 29.4 Å². The molecule has 1 amide bonds. The first-order valence-electron chi connectivity index (χ1n) is 11.2. The number of fused-ring (bicyclic) bond motifs is 2. The van der Waals surface area contributed by atoms with Crippen LogP contribution in [0.4, 0.5) is 5.69 Å². The molecule has 1 N–H and O–H groups in total. The molecule has 1 aliphatic carbocycles. The maximum Gasteiger partial charge on any atom is 0.258 e. The average molecular weight is 481 g/mol. The van der Waals surface area contributed by atoms with Crippen LogP contribution < -0.4 is 9.62 Å². The molecule has 0 atom stereocenters. The molecule has 0 fully saturated rings. The van der Waals surface area contributed by atoms with Gasteiger partial charge >= 0.3 is 0 Å². The van der Waals surface area contributed by atoms with Crippen molar-refractivity contribution in [3.8, 4) is 0 Å². The van der Waals surface area contributed by atoms with E-state index in [1.165, 1.54) is 5.56 Å². The number of carbonyl (C=O) groups is 1. The predicted molar refractivity (Wildman–Crippen MR) is 130 cm³/mol. The molecule has 0 unspecified atom stereocenters. The molecule has 0 saturated heterocycles. The van der Waals surface area contributed by atoms with Crippen molar-refractivity contribution in [3.05, 3.63) is 93.5 Å². The van der Waals surface area contributed by atoms with E-state index in [4.69, 9.17) is 11.6 Å². The number of nitrogens with zero attached hydrogens (tertiary/aromatic N) is 1. The second-order valence-corrected chi connectivity index (χ2v) is 10.8. The van der Waals surface area contributed by atoms with Gasteiger partial charge in [-0.1, -0.05) is 29.8 Å². The average Bonchev–Trinajstić information content (AvgIpc) is 3.26. The zero-order valence-electron chi connectivity index (χ0n) is 18.2. The van der Waals surface area contributed by atoms with Crippen LogP contribution in [0.15, 0.2) is 65.6 Å². The summed E-state index contributed by atoms with van der Waals surface area (Å²) in [6, 6.07) is 18.1. The number of anilines is 1. The number of rotatable bonds is 5. The van der Waals surface area contributed by atoms with Crippen molar-refractivity contribution in [3.63, 3.8) is 0 Å². The number of carbonyl (C=O) groups excluding carboxylic acids is 1. The summed E-state index contributed by atoms with van der Waals surface area (Å²) in [5, 5.41) is 0.585. The van der Waals surface area contributed by atoms with E-state index in [0.717, 1.165) is 54.5 Å². The van der Waals surface area contributed by atoms with E-state index in [2.05, 4.69) is 4.72 Å². The molecule has 0 bridgehead atoms. The van der Waals surface area contributed by atoms with E-state index in [0.29, 0.717) is 22.0 Å². The molecule has 33 heavy (non-hydrogen) atoms. The van der Waals surface area contributed by atoms with Gasteiger partial charge in [-0.05, 0) is 96.8 Å². The summed E-state index contributed by atoms with van der Waals surface area (Å²) in [5.74, 6) is -0.0859. The van der Waals surface area contributed by atoms with E-state index in [9.17, 15) is 13.2 Å². The Hall–Kier alpha value is -2.67. The van der Waals surface area contributed by atoms with Crippen LogP contribution in [0, 0.1) is 0 Å². The van der Waals surface area contributed by atoms with Crippen LogP contribution in [0.5, 0.6) is 0 Å². The van der Waals surface area contributed by atoms with Crippen molar-refractivity contribution >= 4 is 33.2 Å². The highest BCUT2D eigenvalue weighted by Crippen LogP contribution is 2.31. The minimum atomic E-state index is -3.63. The number of hydrogen-bond acceptors (Lipinski definition) is 3. The molecule has 2 aliphatic rings. The topological polar surface area (TPSA) is 66.5 Å². The SMILES string of the molecule is O=C(c1ccc(Cl)cc1)N1CCc2ccc(CNS(=O)(=O)c3ccc4c(c3)CCCC4)cc21. The molecule has 0 radical (unpaired) electrons. The number of sulfonamides is 1. The summed E-state index contributed by atoms with van der Waals surface area (Å²) in [6.07, 6.45) is 4.98. The molecule has 170 valence electrons. The van der Waals surface area contributed by atoms with E-state index in [-0.39, 0.29) is 12.5 Å². The fourth-order valence-electron chi connectivity index (χ4n) is 4.63. The Labute approximate surface area is 199 Å². The summed E-state index contributed by atoms with van der Waals surface area (Å²) < 4.78 is 28.6. The maximum atomic E-state index is 13.0. The Morgan fingerprint density at radius 3 is 2.39 bits per heavy atom. The standard InChI is InChI=1S/C26H25ClN2O3S/c27-23-10-7-21(8-11-23)26(30)29-14-13-20-6-5-18(15-25(20)29)17-28-33(31,32)24-12-9-19-3-1-2-4-22(19)16-24/h5-12,15-16,28H,1-4,13-14,17H2. The van der Waals surface area contributed by atoms with Crippen LogP contribution in [0.2, 0.25) is 5.02 Å².